The summed E-state index contributed by atoms with van der Waals surface area (Å²) in [6.45, 7) is 4.19. The third-order valence-electron chi connectivity index (χ3n) is 7.35. The van der Waals surface area contributed by atoms with E-state index in [1.165, 1.54) is 81.9 Å². The van der Waals surface area contributed by atoms with Gasteiger partial charge < -0.3 is 20.1 Å². The predicted octanol–water partition coefficient (Wildman–Crippen LogP) is 6.87. The largest absolute Gasteiger partial charge is 0.494 e. The van der Waals surface area contributed by atoms with Crippen LogP contribution < -0.4 is 15.0 Å². The van der Waals surface area contributed by atoms with Crippen LogP contribution in [0.3, 0.4) is 0 Å². The number of carbonyl (C=O) groups excluding carboxylic acids is 1. The first-order valence-electron chi connectivity index (χ1n) is 14.6. The fraction of sp³-hybridized carbons (Fsp3) is 0.733. The minimum atomic E-state index is -1.05. The number of benzene rings is 1. The van der Waals surface area contributed by atoms with E-state index >= 15 is 0 Å². The van der Waals surface area contributed by atoms with Crippen molar-refractivity contribution in [1.29, 1.82) is 0 Å². The quantitative estimate of drug-likeness (QED) is 0.190. The highest BCUT2D eigenvalue weighted by Crippen LogP contribution is 2.23. The summed E-state index contributed by atoms with van der Waals surface area (Å²) in [5, 5.41) is 12.9. The second-order valence-electron chi connectivity index (χ2n) is 10.6. The monoisotopic (exact) mass is 534 g/mol. The number of hydrogen-bond donors (Lipinski definition) is 3. The smallest absolute Gasteiger partial charge is 0.323 e. The number of unbranched alkanes of at least 4 members (excludes halogenated alkanes) is 3. The zero-order chi connectivity index (χ0) is 26.9. The van der Waals surface area contributed by atoms with Gasteiger partial charge in [0.05, 0.1) is 6.61 Å². The van der Waals surface area contributed by atoms with Gasteiger partial charge in [-0.3, -0.25) is 9.59 Å². The first-order chi connectivity index (χ1) is 17.9. The minimum absolute atomic E-state index is 0.249. The molecule has 0 saturated heterocycles. The molecule has 2 N–H and O–H groups in total. The average molecular weight is 535 g/mol. The van der Waals surface area contributed by atoms with Crippen molar-refractivity contribution in [2.24, 2.45) is 5.92 Å². The van der Waals surface area contributed by atoms with Gasteiger partial charge in [0.2, 0.25) is 5.91 Å². The van der Waals surface area contributed by atoms with Crippen molar-refractivity contribution in [1.82, 2.24) is 5.32 Å². The summed E-state index contributed by atoms with van der Waals surface area (Å²) in [6, 6.07) is 8.71. The molecule has 6 nitrogen and oxygen atoms in total. The maximum atomic E-state index is 12.3. The summed E-state index contributed by atoms with van der Waals surface area (Å²) in [5.41, 5.74) is 0.550. The van der Waals surface area contributed by atoms with E-state index in [0.29, 0.717) is 18.0 Å². The molecule has 1 amide bonds. The molecule has 0 bridgehead atoms. The number of ether oxygens (including phenoxy) is 1. The summed E-state index contributed by atoms with van der Waals surface area (Å²) in [7, 11) is 0. The van der Waals surface area contributed by atoms with Gasteiger partial charge in [-0.15, -0.1) is 0 Å². The maximum Gasteiger partial charge on any atom is 0.323 e. The highest BCUT2D eigenvalue weighted by molar-refractivity contribution is 7.80. The Balaban J connectivity index is 0.000000308. The molecule has 2 aliphatic rings. The van der Waals surface area contributed by atoms with Gasteiger partial charge >= 0.3 is 5.97 Å². The number of rotatable bonds is 13. The Hall–Kier alpha value is -1.73. The first-order valence-corrected chi connectivity index (χ1v) is 15.2. The van der Waals surface area contributed by atoms with Crippen molar-refractivity contribution in [3.05, 3.63) is 24.3 Å². The van der Waals surface area contributed by atoms with Gasteiger partial charge in [0.15, 0.2) is 0 Å². The fourth-order valence-corrected chi connectivity index (χ4v) is 5.25. The second kappa shape index (κ2) is 18.5. The Morgan fingerprint density at radius 3 is 2.03 bits per heavy atom. The summed E-state index contributed by atoms with van der Waals surface area (Å²) in [5.74, 6) is -0.553. The van der Waals surface area contributed by atoms with Gasteiger partial charge in [-0.2, -0.15) is 12.6 Å². The number of amides is 1. The molecule has 2 fully saturated rings. The number of carbonyl (C=O) groups is 2. The molecule has 0 heterocycles. The minimum Gasteiger partial charge on any atom is -0.494 e. The van der Waals surface area contributed by atoms with Gasteiger partial charge in [0, 0.05) is 29.4 Å². The molecule has 37 heavy (non-hydrogen) atoms. The summed E-state index contributed by atoms with van der Waals surface area (Å²) < 4.78 is 5.67. The number of anilines is 1. The predicted molar refractivity (Wildman–Crippen MR) is 156 cm³/mol. The molecule has 1 aromatic rings. The van der Waals surface area contributed by atoms with Crippen molar-refractivity contribution in [2.75, 3.05) is 23.8 Å². The number of nitrogens with one attached hydrogen (secondary N) is 1. The van der Waals surface area contributed by atoms with Crippen molar-refractivity contribution < 1.29 is 19.4 Å². The van der Waals surface area contributed by atoms with E-state index in [1.54, 1.807) is 31.2 Å². The molecule has 1 unspecified atom stereocenters. The summed E-state index contributed by atoms with van der Waals surface area (Å²) in [4.78, 5) is 24.7. The molecule has 2 saturated carbocycles. The Morgan fingerprint density at radius 2 is 1.54 bits per heavy atom. The molecule has 0 aromatic heterocycles. The lowest BCUT2D eigenvalue weighted by atomic mass is 9.91. The first kappa shape index (κ1) is 31.5. The van der Waals surface area contributed by atoms with Crippen LogP contribution in [-0.4, -0.2) is 48.0 Å². The van der Waals surface area contributed by atoms with Gasteiger partial charge in [0.1, 0.15) is 12.3 Å². The van der Waals surface area contributed by atoms with Crippen LogP contribution in [-0.2, 0) is 9.59 Å². The number of aliphatic carboxylic acids is 1. The lowest BCUT2D eigenvalue weighted by Gasteiger charge is -2.30. The highest BCUT2D eigenvalue weighted by Gasteiger charge is 2.23. The maximum absolute atomic E-state index is 12.3. The zero-order valence-electron chi connectivity index (χ0n) is 23.1. The molecule has 0 aliphatic heterocycles. The van der Waals surface area contributed by atoms with Crippen molar-refractivity contribution in [3.8, 4) is 5.75 Å². The van der Waals surface area contributed by atoms with E-state index in [1.807, 2.05) is 0 Å². The Labute approximate surface area is 230 Å². The summed E-state index contributed by atoms with van der Waals surface area (Å²) in [6.07, 6.45) is 19.1. The van der Waals surface area contributed by atoms with Gasteiger partial charge in [0.25, 0.3) is 0 Å². The number of carboxylic acids is 1. The molecule has 1 atom stereocenters. The Kier molecular flexibility index (Phi) is 15.8. The third kappa shape index (κ3) is 12.6. The summed E-state index contributed by atoms with van der Waals surface area (Å²) >= 11 is 4.12. The molecule has 3 rings (SSSR count). The lowest BCUT2D eigenvalue weighted by Crippen LogP contribution is -2.40. The van der Waals surface area contributed by atoms with Crippen LogP contribution >= 0.6 is 12.6 Å². The van der Waals surface area contributed by atoms with Gasteiger partial charge in [-0.25, -0.2) is 0 Å². The lowest BCUT2D eigenvalue weighted by molar-refractivity contribution is -0.137. The van der Waals surface area contributed by atoms with Crippen LogP contribution in [0.15, 0.2) is 24.3 Å². The Bertz CT molecular complexity index is 745. The standard InChI is InChI=1S/C18H27NO4S.C12H23N/c1-3-4-5-6-11-23-16-9-7-15(8-10-16)19(12-17(20)21)18(22)14(2)13-24;1-3-7-11(8-4-1)13-12-9-5-2-6-10-12/h7-10,14,24H,3-6,11-13H2,1-2H3,(H,20,21);11-13H,1-10H2. The molecular formula is C30H50N2O4S. The molecule has 7 heteroatoms. The van der Waals surface area contributed by atoms with Crippen molar-refractivity contribution in [2.45, 2.75) is 116 Å². The normalized spacial score (nSPS) is 17.4. The van der Waals surface area contributed by atoms with E-state index in [9.17, 15) is 9.59 Å². The van der Waals surface area contributed by atoms with Crippen LogP contribution in [0.2, 0.25) is 0 Å². The topological polar surface area (TPSA) is 78.9 Å². The van der Waals surface area contributed by atoms with Gasteiger partial charge in [-0.05, 0) is 56.4 Å². The third-order valence-corrected chi connectivity index (χ3v) is 7.90. The van der Waals surface area contributed by atoms with E-state index in [0.717, 1.165) is 30.7 Å². The van der Waals surface area contributed by atoms with Crippen LogP contribution in [0.4, 0.5) is 5.69 Å². The number of carboxylic acid groups (broad SMARTS) is 1. The molecule has 0 radical (unpaired) electrons. The van der Waals surface area contributed by atoms with E-state index in [2.05, 4.69) is 24.9 Å². The van der Waals surface area contributed by atoms with Crippen molar-refractivity contribution in [3.63, 3.8) is 0 Å². The van der Waals surface area contributed by atoms with Gasteiger partial charge in [-0.1, -0.05) is 71.6 Å². The fourth-order valence-electron chi connectivity index (χ4n) is 5.09. The highest BCUT2D eigenvalue weighted by atomic mass is 32.1. The number of thiol groups is 1. The van der Waals surface area contributed by atoms with E-state index in [4.69, 9.17) is 9.84 Å². The van der Waals surface area contributed by atoms with Crippen LogP contribution in [0.1, 0.15) is 104 Å². The van der Waals surface area contributed by atoms with Crippen LogP contribution in [0, 0.1) is 5.92 Å². The zero-order valence-corrected chi connectivity index (χ0v) is 24.0. The average Bonchev–Trinajstić information content (AvgIpc) is 2.92. The molecule has 210 valence electrons. The van der Waals surface area contributed by atoms with E-state index < -0.39 is 5.97 Å². The van der Waals surface area contributed by atoms with E-state index in [-0.39, 0.29) is 18.4 Å². The molecule has 1 aromatic carbocycles. The van der Waals surface area contributed by atoms with Crippen LogP contribution in [0.5, 0.6) is 5.75 Å². The van der Waals surface area contributed by atoms with Crippen LogP contribution in [0.25, 0.3) is 0 Å². The molecule has 0 spiro atoms. The number of hydrogen-bond acceptors (Lipinski definition) is 5. The molecular weight excluding hydrogens is 484 g/mol. The molecule has 2 aliphatic carbocycles. The SMILES string of the molecule is C1CCC(NC2CCCCC2)CC1.CCCCCCOc1ccc(N(CC(=O)O)C(=O)C(C)CS)cc1. The number of nitrogens with zero attached hydrogens (tertiary/aromatic N) is 1. The second-order valence-corrected chi connectivity index (χ2v) is 11.0. The Morgan fingerprint density at radius 1 is 0.973 bits per heavy atom. The van der Waals surface area contributed by atoms with Crippen molar-refractivity contribution >= 4 is 30.2 Å².